The van der Waals surface area contributed by atoms with Gasteiger partial charge in [-0.25, -0.2) is 9.97 Å². The Morgan fingerprint density at radius 1 is 1.00 bits per heavy atom. The van der Waals surface area contributed by atoms with Crippen LogP contribution >= 0.6 is 15.9 Å². The first-order valence-corrected chi connectivity index (χ1v) is 11.6. The fourth-order valence-corrected chi connectivity index (χ4v) is 4.73. The van der Waals surface area contributed by atoms with Crippen molar-refractivity contribution in [2.24, 2.45) is 5.16 Å². The molecule has 0 saturated heterocycles. The van der Waals surface area contributed by atoms with Crippen LogP contribution in [0.25, 0.3) is 33.7 Å². The first-order valence-electron chi connectivity index (χ1n) is 10.9. The van der Waals surface area contributed by atoms with Crippen LogP contribution in [0.2, 0.25) is 0 Å². The molecule has 2 heterocycles. The highest BCUT2D eigenvalue weighted by molar-refractivity contribution is 9.10. The molecule has 2 N–H and O–H groups in total. The Morgan fingerprint density at radius 2 is 1.85 bits per heavy atom. The summed E-state index contributed by atoms with van der Waals surface area (Å²) >= 11 is 3.29. The van der Waals surface area contributed by atoms with E-state index in [2.05, 4.69) is 61.4 Å². The predicted molar refractivity (Wildman–Crippen MR) is 136 cm³/mol. The average molecular weight is 511 g/mol. The number of hydrogen-bond acceptors (Lipinski definition) is 5. The predicted octanol–water partition coefficient (Wildman–Crippen LogP) is 6.41. The third-order valence-corrected chi connectivity index (χ3v) is 6.71. The Balaban J connectivity index is 1.34. The van der Waals surface area contributed by atoms with E-state index in [4.69, 9.17) is 9.82 Å². The quantitative estimate of drug-likeness (QED) is 0.211. The van der Waals surface area contributed by atoms with Crippen molar-refractivity contribution in [3.05, 3.63) is 100 Å². The molecule has 0 amide bonds. The minimum atomic E-state index is -0.0352. The molecule has 34 heavy (non-hydrogen) atoms. The highest BCUT2D eigenvalue weighted by Gasteiger charge is 2.30. The van der Waals surface area contributed by atoms with Gasteiger partial charge in [0.05, 0.1) is 16.2 Å². The Labute approximate surface area is 204 Å². The Kier molecular flexibility index (Phi) is 5.11. The highest BCUT2D eigenvalue weighted by atomic mass is 79.9. The second-order valence-corrected chi connectivity index (χ2v) is 8.96. The summed E-state index contributed by atoms with van der Waals surface area (Å²) in [6.07, 6.45) is 3.59. The number of aromatic amines is 1. The molecule has 0 spiro atoms. The van der Waals surface area contributed by atoms with Gasteiger partial charge in [0.25, 0.3) is 0 Å². The fourth-order valence-electron chi connectivity index (χ4n) is 4.49. The molecule has 2 aromatic heterocycles. The molecular weight excluding hydrogens is 492 g/mol. The number of H-pyrrole nitrogens is 1. The van der Waals surface area contributed by atoms with Gasteiger partial charge < -0.3 is 14.9 Å². The van der Waals surface area contributed by atoms with Gasteiger partial charge in [-0.05, 0) is 68.0 Å². The van der Waals surface area contributed by atoms with Crippen molar-refractivity contribution in [1.82, 2.24) is 15.0 Å². The lowest BCUT2D eigenvalue weighted by Gasteiger charge is -2.09. The van der Waals surface area contributed by atoms with E-state index in [1.54, 1.807) is 18.3 Å². The summed E-state index contributed by atoms with van der Waals surface area (Å²) in [5.74, 6) is 0.938. The molecule has 0 saturated carbocycles. The van der Waals surface area contributed by atoms with Crippen molar-refractivity contribution < 1.29 is 9.94 Å². The van der Waals surface area contributed by atoms with E-state index >= 15 is 0 Å². The van der Waals surface area contributed by atoms with Crippen LogP contribution < -0.4 is 0 Å². The van der Waals surface area contributed by atoms with Gasteiger partial charge in [0, 0.05) is 17.7 Å². The molecule has 1 unspecified atom stereocenters. The molecule has 6 rings (SSSR count). The van der Waals surface area contributed by atoms with Crippen LogP contribution in [0.5, 0.6) is 5.75 Å². The van der Waals surface area contributed by atoms with Crippen molar-refractivity contribution >= 4 is 33.3 Å². The smallest absolute Gasteiger partial charge is 0.178 e. The van der Waals surface area contributed by atoms with Crippen LogP contribution in [0.3, 0.4) is 0 Å². The van der Waals surface area contributed by atoms with Crippen molar-refractivity contribution in [1.29, 1.82) is 0 Å². The van der Waals surface area contributed by atoms with Gasteiger partial charge in [0.15, 0.2) is 5.65 Å². The summed E-state index contributed by atoms with van der Waals surface area (Å²) < 4.78 is 0.648. The zero-order valence-corrected chi connectivity index (χ0v) is 19.5. The number of nitrogens with one attached hydrogen (secondary N) is 1. The number of nitrogens with zero attached hydrogens (tertiary/aromatic N) is 3. The number of benzene rings is 3. The molecule has 1 aliphatic carbocycles. The standard InChI is InChI=1S/C27H19BrN4O2/c28-22-11-10-16(13-24(22)33)15-34-30-14-21-17-5-1-2-6-18(17)25-19(21)7-3-8-20(25)26-31-23-9-4-12-29-27(23)32-26/h1-14,21,33H,15H2,(H,29,31,32). The van der Waals surface area contributed by atoms with Gasteiger partial charge in [-0.3, -0.25) is 0 Å². The molecule has 1 aliphatic rings. The topological polar surface area (TPSA) is 83.4 Å². The number of aromatic hydroxyl groups is 1. The monoisotopic (exact) mass is 510 g/mol. The summed E-state index contributed by atoms with van der Waals surface area (Å²) in [7, 11) is 0. The van der Waals surface area contributed by atoms with E-state index in [-0.39, 0.29) is 18.3 Å². The van der Waals surface area contributed by atoms with E-state index in [0.29, 0.717) is 10.1 Å². The van der Waals surface area contributed by atoms with Gasteiger partial charge in [-0.2, -0.15) is 0 Å². The molecule has 0 aliphatic heterocycles. The number of imidazole rings is 1. The minimum Gasteiger partial charge on any atom is -0.507 e. The summed E-state index contributed by atoms with van der Waals surface area (Å²) in [6.45, 7) is 0.268. The molecule has 6 nitrogen and oxygen atoms in total. The number of hydrogen-bond donors (Lipinski definition) is 2. The summed E-state index contributed by atoms with van der Waals surface area (Å²) in [6, 6.07) is 23.8. The van der Waals surface area contributed by atoms with Crippen molar-refractivity contribution in [2.75, 3.05) is 0 Å². The van der Waals surface area contributed by atoms with Crippen LogP contribution in [0, 0.1) is 0 Å². The molecule has 1 atom stereocenters. The fraction of sp³-hybridized carbons (Fsp3) is 0.0741. The summed E-state index contributed by atoms with van der Waals surface area (Å²) in [5, 5.41) is 14.1. The lowest BCUT2D eigenvalue weighted by atomic mass is 9.96. The normalized spacial score (nSPS) is 14.4. The third-order valence-electron chi connectivity index (χ3n) is 6.04. The SMILES string of the molecule is Oc1cc(CON=CC2c3ccccc3-c3c(-c4nc5ncccc5[nH]4)cccc32)ccc1Br. The zero-order valence-electron chi connectivity index (χ0n) is 17.9. The Hall–Kier alpha value is -3.97. The van der Waals surface area contributed by atoms with Crippen LogP contribution in [0.1, 0.15) is 22.6 Å². The van der Waals surface area contributed by atoms with Crippen molar-refractivity contribution in [2.45, 2.75) is 12.5 Å². The van der Waals surface area contributed by atoms with E-state index in [0.717, 1.165) is 39.2 Å². The summed E-state index contributed by atoms with van der Waals surface area (Å²) in [5.41, 5.74) is 8.12. The van der Waals surface area contributed by atoms with Gasteiger partial charge in [0.1, 0.15) is 18.2 Å². The maximum Gasteiger partial charge on any atom is 0.178 e. The van der Waals surface area contributed by atoms with Gasteiger partial charge >= 0.3 is 0 Å². The maximum atomic E-state index is 9.86. The van der Waals surface area contributed by atoms with Crippen LogP contribution in [0.4, 0.5) is 0 Å². The molecule has 3 aromatic carbocycles. The molecular formula is C27H19BrN4O2. The highest BCUT2D eigenvalue weighted by Crippen LogP contribution is 2.48. The lowest BCUT2D eigenvalue weighted by molar-refractivity contribution is 0.131. The first-order chi connectivity index (χ1) is 16.7. The maximum absolute atomic E-state index is 9.86. The Bertz CT molecular complexity index is 1530. The van der Waals surface area contributed by atoms with Crippen molar-refractivity contribution in [3.8, 4) is 28.3 Å². The second-order valence-electron chi connectivity index (χ2n) is 8.11. The Morgan fingerprint density at radius 3 is 2.74 bits per heavy atom. The molecule has 5 aromatic rings. The van der Waals surface area contributed by atoms with E-state index in [1.165, 1.54) is 5.56 Å². The number of aromatic nitrogens is 3. The molecule has 7 heteroatoms. The average Bonchev–Trinajstić information content (AvgIpc) is 3.43. The number of phenols is 1. The number of oxime groups is 1. The molecule has 0 fully saturated rings. The summed E-state index contributed by atoms with van der Waals surface area (Å²) in [4.78, 5) is 18.1. The third kappa shape index (κ3) is 3.54. The lowest BCUT2D eigenvalue weighted by Crippen LogP contribution is -1.99. The van der Waals surface area contributed by atoms with Crippen LogP contribution in [-0.2, 0) is 11.4 Å². The van der Waals surface area contributed by atoms with Crippen LogP contribution in [-0.4, -0.2) is 26.3 Å². The number of phenolic OH excluding ortho intramolecular Hbond substituents is 1. The zero-order chi connectivity index (χ0) is 23.1. The van der Waals surface area contributed by atoms with Crippen LogP contribution in [0.15, 0.2) is 88.6 Å². The second kappa shape index (κ2) is 8.43. The van der Waals surface area contributed by atoms with Crippen molar-refractivity contribution in [3.63, 3.8) is 0 Å². The molecule has 0 radical (unpaired) electrons. The largest absolute Gasteiger partial charge is 0.507 e. The number of halogens is 1. The van der Waals surface area contributed by atoms with Gasteiger partial charge in [0.2, 0.25) is 0 Å². The van der Waals surface area contributed by atoms with Gasteiger partial charge in [-0.1, -0.05) is 53.7 Å². The minimum absolute atomic E-state index is 0.0352. The molecule has 166 valence electrons. The van der Waals surface area contributed by atoms with E-state index in [9.17, 15) is 5.11 Å². The first kappa shape index (κ1) is 20.6. The van der Waals surface area contributed by atoms with E-state index in [1.807, 2.05) is 36.5 Å². The number of pyridine rings is 1. The van der Waals surface area contributed by atoms with Gasteiger partial charge in [-0.15, -0.1) is 0 Å². The number of fused-ring (bicyclic) bond motifs is 4. The van der Waals surface area contributed by atoms with E-state index < -0.39 is 0 Å². The number of rotatable bonds is 5. The molecule has 0 bridgehead atoms.